The third-order valence-corrected chi connectivity index (χ3v) is 4.36. The first-order valence-electron chi connectivity index (χ1n) is 6.71. The molecule has 3 aromatic rings. The molecule has 1 unspecified atom stereocenters. The molecule has 1 N–H and O–H groups in total. The van der Waals surface area contributed by atoms with Crippen LogP contribution in [0.5, 0.6) is 0 Å². The number of fused-ring (bicyclic) bond motifs is 1. The van der Waals surface area contributed by atoms with E-state index < -0.39 is 0 Å². The van der Waals surface area contributed by atoms with Crippen molar-refractivity contribution < 1.29 is 4.42 Å². The molecule has 0 saturated carbocycles. The maximum absolute atomic E-state index is 6.37. The van der Waals surface area contributed by atoms with Gasteiger partial charge in [0.15, 0.2) is 0 Å². The monoisotopic (exact) mass is 363 g/mol. The van der Waals surface area contributed by atoms with Gasteiger partial charge < -0.3 is 9.73 Å². The van der Waals surface area contributed by atoms with Gasteiger partial charge in [-0.3, -0.25) is 0 Å². The van der Waals surface area contributed by atoms with Gasteiger partial charge in [0, 0.05) is 14.9 Å². The first-order valence-corrected chi connectivity index (χ1v) is 7.88. The van der Waals surface area contributed by atoms with Gasteiger partial charge in [-0.2, -0.15) is 0 Å². The lowest BCUT2D eigenvalue weighted by molar-refractivity contribution is 0.491. The summed E-state index contributed by atoms with van der Waals surface area (Å²) in [5, 5.41) is 5.10. The van der Waals surface area contributed by atoms with Crippen molar-refractivity contribution in [3.63, 3.8) is 0 Å². The summed E-state index contributed by atoms with van der Waals surface area (Å²) in [6, 6.07) is 14.1. The van der Waals surface area contributed by atoms with E-state index in [0.717, 1.165) is 26.8 Å². The van der Waals surface area contributed by atoms with Crippen molar-refractivity contribution in [2.45, 2.75) is 13.0 Å². The Morgan fingerprint density at radius 2 is 1.95 bits per heavy atom. The molecule has 0 amide bonds. The number of benzene rings is 2. The smallest absolute Gasteiger partial charge is 0.134 e. The number of rotatable bonds is 3. The fourth-order valence-corrected chi connectivity index (χ4v) is 3.29. The van der Waals surface area contributed by atoms with Crippen LogP contribution in [0.1, 0.15) is 22.9 Å². The average Bonchev–Trinajstić information content (AvgIpc) is 2.84. The molecule has 4 heteroatoms. The van der Waals surface area contributed by atoms with Crippen LogP contribution in [0.15, 0.2) is 51.4 Å². The minimum absolute atomic E-state index is 0.0710. The summed E-state index contributed by atoms with van der Waals surface area (Å²) in [5.41, 5.74) is 3.11. The van der Waals surface area contributed by atoms with Crippen LogP contribution >= 0.6 is 27.5 Å². The maximum Gasteiger partial charge on any atom is 0.134 e. The Kier molecular flexibility index (Phi) is 4.07. The Bertz CT molecular complexity index is 797. The van der Waals surface area contributed by atoms with Gasteiger partial charge in [-0.15, -0.1) is 0 Å². The zero-order chi connectivity index (χ0) is 15.0. The maximum atomic E-state index is 6.37. The molecule has 1 aromatic heterocycles. The minimum atomic E-state index is -0.0710. The molecule has 0 radical (unpaired) electrons. The van der Waals surface area contributed by atoms with E-state index in [4.69, 9.17) is 16.0 Å². The Labute approximate surface area is 137 Å². The number of furan rings is 1. The molecule has 0 fully saturated rings. The van der Waals surface area contributed by atoms with Gasteiger partial charge in [-0.25, -0.2) is 0 Å². The van der Waals surface area contributed by atoms with Crippen LogP contribution in [0, 0.1) is 6.92 Å². The normalized spacial score (nSPS) is 12.8. The second-order valence-corrected chi connectivity index (χ2v) is 6.40. The lowest BCUT2D eigenvalue weighted by Crippen LogP contribution is -2.17. The zero-order valence-corrected chi connectivity index (χ0v) is 14.1. The van der Waals surface area contributed by atoms with Crippen LogP contribution in [0.3, 0.4) is 0 Å². The summed E-state index contributed by atoms with van der Waals surface area (Å²) >= 11 is 9.80. The molecule has 108 valence electrons. The molecule has 0 aliphatic carbocycles. The topological polar surface area (TPSA) is 25.2 Å². The van der Waals surface area contributed by atoms with Gasteiger partial charge in [0.1, 0.15) is 11.3 Å². The first-order chi connectivity index (χ1) is 10.1. The highest BCUT2D eigenvalue weighted by Gasteiger charge is 2.19. The van der Waals surface area contributed by atoms with Gasteiger partial charge >= 0.3 is 0 Å². The molecule has 2 nitrogen and oxygen atoms in total. The SMILES string of the molecule is CNC(c1cc2cc(C)ccc2o1)c1ccc(Br)cc1Cl. The highest BCUT2D eigenvalue weighted by molar-refractivity contribution is 9.10. The van der Waals surface area contributed by atoms with E-state index in [0.29, 0.717) is 5.02 Å². The third-order valence-electron chi connectivity index (χ3n) is 3.54. The summed E-state index contributed by atoms with van der Waals surface area (Å²) < 4.78 is 6.95. The molecular weight excluding hydrogens is 350 g/mol. The second kappa shape index (κ2) is 5.84. The van der Waals surface area contributed by atoms with Gasteiger partial charge in [-0.05, 0) is 49.9 Å². The molecule has 21 heavy (non-hydrogen) atoms. The molecule has 0 saturated heterocycles. The van der Waals surface area contributed by atoms with Crippen LogP contribution < -0.4 is 5.32 Å². The van der Waals surface area contributed by atoms with Crippen LogP contribution in [0.2, 0.25) is 5.02 Å². The predicted octanol–water partition coefficient (Wildman–Crippen LogP) is 5.47. The fraction of sp³-hybridized carbons (Fsp3) is 0.176. The second-order valence-electron chi connectivity index (χ2n) is 5.08. The highest BCUT2D eigenvalue weighted by Crippen LogP contribution is 2.33. The lowest BCUT2D eigenvalue weighted by atomic mass is 10.0. The van der Waals surface area contributed by atoms with Gasteiger partial charge in [-0.1, -0.05) is 45.2 Å². The van der Waals surface area contributed by atoms with Crippen molar-refractivity contribution >= 4 is 38.5 Å². The first kappa shape index (κ1) is 14.6. The van der Waals surface area contributed by atoms with Crippen LogP contribution in [-0.4, -0.2) is 7.05 Å². The van der Waals surface area contributed by atoms with Crippen molar-refractivity contribution in [1.29, 1.82) is 0 Å². The third kappa shape index (κ3) is 2.86. The summed E-state index contributed by atoms with van der Waals surface area (Å²) in [6.07, 6.45) is 0. The summed E-state index contributed by atoms with van der Waals surface area (Å²) in [6.45, 7) is 2.08. The number of nitrogens with one attached hydrogen (secondary N) is 1. The van der Waals surface area contributed by atoms with E-state index in [1.807, 2.05) is 31.3 Å². The van der Waals surface area contributed by atoms with Crippen molar-refractivity contribution in [3.8, 4) is 0 Å². The summed E-state index contributed by atoms with van der Waals surface area (Å²) in [4.78, 5) is 0. The van der Waals surface area contributed by atoms with Crippen LogP contribution in [0.25, 0.3) is 11.0 Å². The van der Waals surface area contributed by atoms with Gasteiger partial charge in [0.2, 0.25) is 0 Å². The Balaban J connectivity index is 2.09. The molecule has 0 aliphatic rings. The minimum Gasteiger partial charge on any atom is -0.459 e. The van der Waals surface area contributed by atoms with Crippen molar-refractivity contribution in [3.05, 3.63) is 68.8 Å². The Hall–Kier alpha value is -1.29. The van der Waals surface area contributed by atoms with Gasteiger partial charge in [0.25, 0.3) is 0 Å². The Morgan fingerprint density at radius 3 is 2.67 bits per heavy atom. The number of aryl methyl sites for hydroxylation is 1. The van der Waals surface area contributed by atoms with Crippen LogP contribution in [0.4, 0.5) is 0 Å². The molecule has 1 heterocycles. The lowest BCUT2D eigenvalue weighted by Gasteiger charge is -2.15. The predicted molar refractivity (Wildman–Crippen MR) is 91.0 cm³/mol. The van der Waals surface area contributed by atoms with Crippen molar-refractivity contribution in [2.75, 3.05) is 7.05 Å². The standard InChI is InChI=1S/C17H15BrClNO/c1-10-3-6-15-11(7-10)8-16(21-15)17(20-2)13-5-4-12(18)9-14(13)19/h3-9,17,20H,1-2H3. The highest BCUT2D eigenvalue weighted by atomic mass is 79.9. The van der Waals surface area contributed by atoms with E-state index in [1.54, 1.807) is 0 Å². The average molecular weight is 365 g/mol. The van der Waals surface area contributed by atoms with Gasteiger partial charge in [0.05, 0.1) is 6.04 Å². The number of hydrogen-bond donors (Lipinski definition) is 1. The van der Waals surface area contributed by atoms with Crippen molar-refractivity contribution in [1.82, 2.24) is 5.32 Å². The number of hydrogen-bond acceptors (Lipinski definition) is 2. The number of halogens is 2. The summed E-state index contributed by atoms with van der Waals surface area (Å²) in [7, 11) is 1.90. The van der Waals surface area contributed by atoms with Crippen LogP contribution in [-0.2, 0) is 0 Å². The largest absolute Gasteiger partial charge is 0.459 e. The molecule has 0 spiro atoms. The van der Waals surface area contributed by atoms with E-state index in [1.165, 1.54) is 5.56 Å². The molecule has 0 aliphatic heterocycles. The molecule has 1 atom stereocenters. The summed E-state index contributed by atoms with van der Waals surface area (Å²) in [5.74, 6) is 0.863. The van der Waals surface area contributed by atoms with E-state index in [2.05, 4.69) is 46.4 Å². The van der Waals surface area contributed by atoms with E-state index in [9.17, 15) is 0 Å². The van der Waals surface area contributed by atoms with E-state index in [-0.39, 0.29) is 6.04 Å². The van der Waals surface area contributed by atoms with E-state index >= 15 is 0 Å². The fourth-order valence-electron chi connectivity index (χ4n) is 2.51. The molecule has 2 aromatic carbocycles. The zero-order valence-electron chi connectivity index (χ0n) is 11.8. The Morgan fingerprint density at radius 1 is 1.14 bits per heavy atom. The van der Waals surface area contributed by atoms with Crippen molar-refractivity contribution in [2.24, 2.45) is 0 Å². The quantitative estimate of drug-likeness (QED) is 0.667. The molecule has 0 bridgehead atoms. The molecule has 3 rings (SSSR count). The molecular formula is C17H15BrClNO.